The molecule has 0 radical (unpaired) electrons. The Morgan fingerprint density at radius 1 is 0.969 bits per heavy atom. The third-order valence-corrected chi connectivity index (χ3v) is 4.69. The lowest BCUT2D eigenvalue weighted by Crippen LogP contribution is -2.13. The van der Waals surface area contributed by atoms with Crippen molar-refractivity contribution in [1.29, 1.82) is 0 Å². The minimum Gasteiger partial charge on any atom is -0.492 e. The molecule has 1 N–H and O–H groups in total. The molecule has 3 aromatic carbocycles. The molecule has 4 aromatic rings. The van der Waals surface area contributed by atoms with Gasteiger partial charge >= 0.3 is 0 Å². The van der Waals surface area contributed by atoms with Crippen LogP contribution in [-0.2, 0) is 0 Å². The van der Waals surface area contributed by atoms with Gasteiger partial charge in [0.25, 0.3) is 5.91 Å². The molecule has 0 fully saturated rings. The molecule has 0 aliphatic carbocycles. The summed E-state index contributed by atoms with van der Waals surface area (Å²) in [6.07, 6.45) is 1.65. The average Bonchev–Trinajstić information content (AvgIpc) is 2.81. The second-order valence-electron chi connectivity index (χ2n) is 7.10. The summed E-state index contributed by atoms with van der Waals surface area (Å²) in [5.74, 6) is 1.84. The monoisotopic (exact) mass is 425 g/mol. The van der Waals surface area contributed by atoms with Crippen molar-refractivity contribution < 1.29 is 14.3 Å². The van der Waals surface area contributed by atoms with E-state index in [1.165, 1.54) is 5.56 Å². The van der Waals surface area contributed by atoms with Gasteiger partial charge in [-0.3, -0.25) is 4.79 Å². The molecule has 0 spiro atoms. The van der Waals surface area contributed by atoms with Crippen molar-refractivity contribution in [2.75, 3.05) is 11.9 Å². The van der Waals surface area contributed by atoms with Gasteiger partial charge in [-0.05, 0) is 44.2 Å². The Kier molecular flexibility index (Phi) is 6.41. The molecule has 1 amide bonds. The van der Waals surface area contributed by atoms with Crippen LogP contribution in [0.4, 0.5) is 5.69 Å². The smallest absolute Gasteiger partial charge is 0.255 e. The van der Waals surface area contributed by atoms with Gasteiger partial charge in [0, 0.05) is 23.4 Å². The Bertz CT molecular complexity index is 1220. The number of anilines is 1. The maximum Gasteiger partial charge on any atom is 0.255 e. The molecule has 0 aliphatic heterocycles. The quantitative estimate of drug-likeness (QED) is 0.399. The number of carbonyl (C=O) groups is 1. The first-order chi connectivity index (χ1) is 15.6. The van der Waals surface area contributed by atoms with Crippen molar-refractivity contribution in [3.05, 3.63) is 96.2 Å². The Balaban J connectivity index is 1.51. The summed E-state index contributed by atoms with van der Waals surface area (Å²) >= 11 is 0. The standard InChI is InChI=1S/C26H23N3O3/c1-3-31-23-10-5-4-9-22(23)28-26(30)20-7-6-8-21(17-20)32-24-15-16-27-25(29-24)19-13-11-18(2)12-14-19/h4-17H,3H2,1-2H3,(H,28,30). The van der Waals surface area contributed by atoms with Crippen LogP contribution in [0, 0.1) is 6.92 Å². The fraction of sp³-hybridized carbons (Fsp3) is 0.115. The van der Waals surface area contributed by atoms with E-state index < -0.39 is 0 Å². The minimum atomic E-state index is -0.259. The molecule has 160 valence electrons. The van der Waals surface area contributed by atoms with Crippen LogP contribution in [-0.4, -0.2) is 22.5 Å². The Morgan fingerprint density at radius 3 is 2.59 bits per heavy atom. The molecule has 4 rings (SSSR count). The number of nitrogens with zero attached hydrogens (tertiary/aromatic N) is 2. The summed E-state index contributed by atoms with van der Waals surface area (Å²) in [6, 6.07) is 23.9. The maximum absolute atomic E-state index is 12.8. The summed E-state index contributed by atoms with van der Waals surface area (Å²) in [5.41, 5.74) is 3.15. The number of hydrogen-bond acceptors (Lipinski definition) is 5. The highest BCUT2D eigenvalue weighted by atomic mass is 16.5. The number of carbonyl (C=O) groups excluding carboxylic acids is 1. The molecule has 0 saturated heterocycles. The number of benzene rings is 3. The van der Waals surface area contributed by atoms with Crippen LogP contribution in [0.1, 0.15) is 22.8 Å². The van der Waals surface area contributed by atoms with Gasteiger partial charge in [0.1, 0.15) is 11.5 Å². The zero-order valence-electron chi connectivity index (χ0n) is 17.9. The van der Waals surface area contributed by atoms with Crippen molar-refractivity contribution >= 4 is 11.6 Å². The van der Waals surface area contributed by atoms with E-state index in [1.54, 1.807) is 42.6 Å². The number of para-hydroxylation sites is 2. The Hall–Kier alpha value is -4.19. The molecule has 1 heterocycles. The summed E-state index contributed by atoms with van der Waals surface area (Å²) in [6.45, 7) is 4.44. The lowest BCUT2D eigenvalue weighted by atomic mass is 10.1. The van der Waals surface area contributed by atoms with Gasteiger partial charge in [-0.25, -0.2) is 4.98 Å². The van der Waals surface area contributed by atoms with Crippen molar-refractivity contribution in [3.8, 4) is 28.8 Å². The van der Waals surface area contributed by atoms with E-state index in [2.05, 4.69) is 15.3 Å². The molecule has 6 nitrogen and oxygen atoms in total. The molecule has 0 aliphatic rings. The first kappa shape index (κ1) is 21.1. The third-order valence-electron chi connectivity index (χ3n) is 4.69. The summed E-state index contributed by atoms with van der Waals surface area (Å²) < 4.78 is 11.5. The topological polar surface area (TPSA) is 73.3 Å². The van der Waals surface area contributed by atoms with E-state index in [0.717, 1.165) is 5.56 Å². The zero-order valence-corrected chi connectivity index (χ0v) is 17.9. The number of nitrogens with one attached hydrogen (secondary N) is 1. The van der Waals surface area contributed by atoms with Gasteiger partial charge in [0.2, 0.25) is 5.88 Å². The highest BCUT2D eigenvalue weighted by Gasteiger charge is 2.11. The van der Waals surface area contributed by atoms with Gasteiger partial charge in [0.15, 0.2) is 5.82 Å². The maximum atomic E-state index is 12.8. The van der Waals surface area contributed by atoms with E-state index in [9.17, 15) is 4.79 Å². The van der Waals surface area contributed by atoms with Crippen LogP contribution >= 0.6 is 0 Å². The molecule has 0 bridgehead atoms. The van der Waals surface area contributed by atoms with Crippen LogP contribution in [0.15, 0.2) is 85.1 Å². The van der Waals surface area contributed by atoms with Crippen molar-refractivity contribution in [2.24, 2.45) is 0 Å². The molecule has 32 heavy (non-hydrogen) atoms. The minimum absolute atomic E-state index is 0.259. The Labute approximate surface area is 186 Å². The van der Waals surface area contributed by atoms with Gasteiger partial charge < -0.3 is 14.8 Å². The van der Waals surface area contributed by atoms with Crippen molar-refractivity contribution in [3.63, 3.8) is 0 Å². The summed E-state index contributed by atoms with van der Waals surface area (Å²) in [5, 5.41) is 2.89. The predicted molar refractivity (Wildman–Crippen MR) is 124 cm³/mol. The van der Waals surface area contributed by atoms with Crippen LogP contribution in [0.5, 0.6) is 17.4 Å². The van der Waals surface area contributed by atoms with E-state index in [-0.39, 0.29) is 5.91 Å². The van der Waals surface area contributed by atoms with E-state index in [4.69, 9.17) is 9.47 Å². The van der Waals surface area contributed by atoms with Gasteiger partial charge in [-0.1, -0.05) is 48.0 Å². The van der Waals surface area contributed by atoms with Gasteiger partial charge in [0.05, 0.1) is 12.3 Å². The van der Waals surface area contributed by atoms with Crippen LogP contribution in [0.25, 0.3) is 11.4 Å². The lowest BCUT2D eigenvalue weighted by Gasteiger charge is -2.12. The van der Waals surface area contributed by atoms with E-state index in [1.807, 2.05) is 56.3 Å². The molecule has 0 unspecified atom stereocenters. The molecular formula is C26H23N3O3. The lowest BCUT2D eigenvalue weighted by molar-refractivity contribution is 0.102. The van der Waals surface area contributed by atoms with Crippen LogP contribution in [0.3, 0.4) is 0 Å². The molecule has 0 atom stereocenters. The van der Waals surface area contributed by atoms with Crippen molar-refractivity contribution in [2.45, 2.75) is 13.8 Å². The fourth-order valence-corrected chi connectivity index (χ4v) is 3.11. The fourth-order valence-electron chi connectivity index (χ4n) is 3.11. The number of ether oxygens (including phenoxy) is 2. The van der Waals surface area contributed by atoms with Gasteiger partial charge in [-0.15, -0.1) is 0 Å². The zero-order chi connectivity index (χ0) is 22.3. The van der Waals surface area contributed by atoms with Crippen LogP contribution in [0.2, 0.25) is 0 Å². The number of aryl methyl sites for hydroxylation is 1. The largest absolute Gasteiger partial charge is 0.492 e. The molecule has 1 aromatic heterocycles. The van der Waals surface area contributed by atoms with Crippen LogP contribution < -0.4 is 14.8 Å². The average molecular weight is 425 g/mol. The number of hydrogen-bond donors (Lipinski definition) is 1. The van der Waals surface area contributed by atoms with E-state index >= 15 is 0 Å². The molecular weight excluding hydrogens is 402 g/mol. The Morgan fingerprint density at radius 2 is 1.78 bits per heavy atom. The highest BCUT2D eigenvalue weighted by molar-refractivity contribution is 6.05. The molecule has 0 saturated carbocycles. The third kappa shape index (κ3) is 5.10. The second kappa shape index (κ2) is 9.75. The number of rotatable bonds is 7. The van der Waals surface area contributed by atoms with Crippen molar-refractivity contribution in [1.82, 2.24) is 9.97 Å². The summed E-state index contributed by atoms with van der Waals surface area (Å²) in [4.78, 5) is 21.6. The van der Waals surface area contributed by atoms with Gasteiger partial charge in [-0.2, -0.15) is 4.98 Å². The first-order valence-corrected chi connectivity index (χ1v) is 10.3. The number of amides is 1. The first-order valence-electron chi connectivity index (χ1n) is 10.3. The van der Waals surface area contributed by atoms with E-state index in [0.29, 0.717) is 41.1 Å². The normalized spacial score (nSPS) is 10.4. The second-order valence-corrected chi connectivity index (χ2v) is 7.10. The predicted octanol–water partition coefficient (Wildman–Crippen LogP) is 5.90. The summed E-state index contributed by atoms with van der Waals surface area (Å²) in [7, 11) is 0. The number of aromatic nitrogens is 2. The molecule has 6 heteroatoms. The highest BCUT2D eigenvalue weighted by Crippen LogP contribution is 2.26. The SMILES string of the molecule is CCOc1ccccc1NC(=O)c1cccc(Oc2ccnc(-c3ccc(C)cc3)n2)c1.